The Balaban J connectivity index is 0. The molecule has 36 heavy (non-hydrogen) atoms. The van der Waals surface area contributed by atoms with Gasteiger partial charge >= 0.3 is 0 Å². The molecule has 0 aromatic rings. The Hall–Kier alpha value is -1.19. The molecule has 210 valence electrons. The number of rotatable bonds is 12. The number of aliphatic imine (C=N–C) groups is 1. The van der Waals surface area contributed by atoms with Gasteiger partial charge in [0.2, 0.25) is 0 Å². The molecule has 1 aliphatic rings. The van der Waals surface area contributed by atoms with Gasteiger partial charge in [0.25, 0.3) is 0 Å². The average molecular weight is 524 g/mol. The molecule has 4 heteroatoms. The fourth-order valence-electron chi connectivity index (χ4n) is 3.43. The maximum Gasteiger partial charge on any atom is 0.135 e. The SMILES string of the molecule is CC1(C)CCC1.CCC/C=C(C)/C(=C\C(C)=C(/C)Cl)N=C(C)CCCC.CCCC(=O)CC(C)(C)O. The molecule has 0 aromatic heterocycles. The highest BCUT2D eigenvalue weighted by Crippen LogP contribution is 2.38. The highest BCUT2D eigenvalue weighted by atomic mass is 35.5. The average Bonchev–Trinajstić information content (AvgIpc) is 2.74. The molecule has 1 N–H and O–H groups in total. The number of hydrogen-bond donors (Lipinski definition) is 1. The minimum Gasteiger partial charge on any atom is -0.390 e. The topological polar surface area (TPSA) is 49.7 Å². The molecule has 0 aromatic carbocycles. The molecular formula is C32H58ClNO2. The summed E-state index contributed by atoms with van der Waals surface area (Å²) in [6.45, 7) is 22.5. The van der Waals surface area contributed by atoms with Gasteiger partial charge in [0.1, 0.15) is 5.78 Å². The van der Waals surface area contributed by atoms with Crippen molar-refractivity contribution in [1.82, 2.24) is 0 Å². The van der Waals surface area contributed by atoms with Gasteiger partial charge in [-0.05, 0) is 103 Å². The van der Waals surface area contributed by atoms with E-state index in [9.17, 15) is 9.90 Å². The molecule has 1 rings (SSSR count). The van der Waals surface area contributed by atoms with E-state index in [4.69, 9.17) is 16.6 Å². The van der Waals surface area contributed by atoms with Crippen LogP contribution in [0.2, 0.25) is 0 Å². The van der Waals surface area contributed by atoms with Crippen molar-refractivity contribution in [3.05, 3.63) is 34.0 Å². The molecule has 0 heterocycles. The number of hydrogen-bond acceptors (Lipinski definition) is 3. The predicted molar refractivity (Wildman–Crippen MR) is 162 cm³/mol. The summed E-state index contributed by atoms with van der Waals surface area (Å²) >= 11 is 6.07. The van der Waals surface area contributed by atoms with Gasteiger partial charge in [0.05, 0.1) is 11.3 Å². The second-order valence-electron chi connectivity index (χ2n) is 11.7. The van der Waals surface area contributed by atoms with E-state index in [1.54, 1.807) is 13.8 Å². The largest absolute Gasteiger partial charge is 0.390 e. The van der Waals surface area contributed by atoms with Gasteiger partial charge in [-0.25, -0.2) is 0 Å². The number of nitrogens with zero attached hydrogens (tertiary/aromatic N) is 1. The summed E-state index contributed by atoms with van der Waals surface area (Å²) in [5.41, 5.74) is 4.46. The Morgan fingerprint density at radius 2 is 1.56 bits per heavy atom. The Labute approximate surface area is 229 Å². The summed E-state index contributed by atoms with van der Waals surface area (Å²) in [7, 11) is 0. The lowest BCUT2D eigenvalue weighted by Gasteiger charge is -2.33. The minimum atomic E-state index is -0.827. The molecule has 0 atom stereocenters. The third kappa shape index (κ3) is 22.0. The normalized spacial score (nSPS) is 16.6. The number of carbonyl (C=O) groups is 1. The second kappa shape index (κ2) is 19.9. The van der Waals surface area contributed by atoms with Gasteiger partial charge < -0.3 is 5.11 Å². The van der Waals surface area contributed by atoms with E-state index in [1.165, 1.54) is 43.4 Å². The van der Waals surface area contributed by atoms with Gasteiger partial charge in [-0.1, -0.05) is 71.6 Å². The first-order valence-electron chi connectivity index (χ1n) is 14.1. The maximum atomic E-state index is 10.9. The fourth-order valence-corrected chi connectivity index (χ4v) is 3.49. The molecule has 0 amide bonds. The number of unbranched alkanes of at least 4 members (excludes halogenated alkanes) is 2. The minimum absolute atomic E-state index is 0.148. The zero-order valence-electron chi connectivity index (χ0n) is 25.6. The van der Waals surface area contributed by atoms with Crippen molar-refractivity contribution in [3.8, 4) is 0 Å². The van der Waals surface area contributed by atoms with E-state index in [0.717, 1.165) is 47.4 Å². The first-order chi connectivity index (χ1) is 16.6. The standard InChI is InChI=1S/C18H30ClN.C8H16O2.C6H12/c1-7-9-11-14(3)18(13-15(4)17(6)19)20-16(5)12-10-8-2;1-4-5-7(9)6-8(2,3)10;1-6(2)4-3-5-6/h11,13H,7-10,12H2,1-6H3;10H,4-6H2,1-3H3;3-5H2,1-2H3/b14-11+,17-15+,18-13+,20-16?;;. The number of Topliss-reactive ketones (excluding diaryl/α,β-unsaturated/α-hetero) is 1. The maximum absolute atomic E-state index is 10.9. The molecule has 0 aliphatic heterocycles. The first-order valence-corrected chi connectivity index (χ1v) is 14.5. The van der Waals surface area contributed by atoms with E-state index in [2.05, 4.69) is 53.7 Å². The van der Waals surface area contributed by atoms with Crippen LogP contribution in [0.5, 0.6) is 0 Å². The second-order valence-corrected chi connectivity index (χ2v) is 12.2. The first kappa shape index (κ1) is 37.0. The van der Waals surface area contributed by atoms with E-state index in [-0.39, 0.29) is 12.2 Å². The number of halogens is 1. The lowest BCUT2D eigenvalue weighted by atomic mass is 9.72. The molecule has 1 saturated carbocycles. The summed E-state index contributed by atoms with van der Waals surface area (Å²) in [6.07, 6.45) is 16.2. The molecule has 0 bridgehead atoms. The number of aliphatic hydroxyl groups is 1. The van der Waals surface area contributed by atoms with E-state index < -0.39 is 5.60 Å². The summed E-state index contributed by atoms with van der Waals surface area (Å²) in [4.78, 5) is 15.7. The lowest BCUT2D eigenvalue weighted by molar-refractivity contribution is -0.122. The molecule has 0 spiro atoms. The van der Waals surface area contributed by atoms with Gasteiger partial charge in [-0.2, -0.15) is 0 Å². The Morgan fingerprint density at radius 3 is 1.92 bits per heavy atom. The Bertz CT molecular complexity index is 739. The number of allylic oxidation sites excluding steroid dienone is 5. The van der Waals surface area contributed by atoms with Crippen LogP contribution in [0.1, 0.15) is 147 Å². The Kier molecular flexibility index (Phi) is 20.4. The van der Waals surface area contributed by atoms with Crippen LogP contribution in [0, 0.1) is 5.41 Å². The highest BCUT2D eigenvalue weighted by molar-refractivity contribution is 6.29. The predicted octanol–water partition coefficient (Wildman–Crippen LogP) is 10.5. The van der Waals surface area contributed by atoms with Crippen LogP contribution < -0.4 is 0 Å². The summed E-state index contributed by atoms with van der Waals surface area (Å²) in [5, 5.41) is 10.0. The monoisotopic (exact) mass is 523 g/mol. The van der Waals surface area contributed by atoms with Crippen LogP contribution in [0.3, 0.4) is 0 Å². The third-order valence-electron chi connectivity index (χ3n) is 6.11. The Morgan fingerprint density at radius 1 is 1.00 bits per heavy atom. The van der Waals surface area contributed by atoms with Gasteiger partial charge in [0, 0.05) is 23.6 Å². The molecule has 3 nitrogen and oxygen atoms in total. The zero-order chi connectivity index (χ0) is 28.4. The van der Waals surface area contributed by atoms with E-state index in [0.29, 0.717) is 6.42 Å². The van der Waals surface area contributed by atoms with Crippen LogP contribution in [0.25, 0.3) is 0 Å². The quantitative estimate of drug-likeness (QED) is 0.204. The zero-order valence-corrected chi connectivity index (χ0v) is 26.4. The van der Waals surface area contributed by atoms with Crippen molar-refractivity contribution < 1.29 is 9.90 Å². The van der Waals surface area contributed by atoms with Crippen LogP contribution in [-0.2, 0) is 4.79 Å². The number of carbonyl (C=O) groups excluding carboxylic acids is 1. The summed E-state index contributed by atoms with van der Waals surface area (Å²) in [5.74, 6) is 0.148. The van der Waals surface area contributed by atoms with Crippen molar-refractivity contribution >= 4 is 23.1 Å². The van der Waals surface area contributed by atoms with Crippen LogP contribution in [0.4, 0.5) is 0 Å². The smallest absolute Gasteiger partial charge is 0.135 e. The fraction of sp³-hybridized carbons (Fsp3) is 0.750. The van der Waals surface area contributed by atoms with Crippen LogP contribution in [-0.4, -0.2) is 22.2 Å². The van der Waals surface area contributed by atoms with Crippen molar-refractivity contribution in [2.75, 3.05) is 0 Å². The van der Waals surface area contributed by atoms with Gasteiger partial charge in [-0.15, -0.1) is 0 Å². The molecule has 1 fully saturated rings. The lowest BCUT2D eigenvalue weighted by Crippen LogP contribution is -2.22. The van der Waals surface area contributed by atoms with Crippen LogP contribution >= 0.6 is 11.6 Å². The van der Waals surface area contributed by atoms with Gasteiger partial charge in [-0.3, -0.25) is 9.79 Å². The summed E-state index contributed by atoms with van der Waals surface area (Å²) in [6, 6.07) is 0. The van der Waals surface area contributed by atoms with Crippen molar-refractivity contribution in [3.63, 3.8) is 0 Å². The van der Waals surface area contributed by atoms with E-state index >= 15 is 0 Å². The molecule has 0 radical (unpaired) electrons. The summed E-state index contributed by atoms with van der Waals surface area (Å²) < 4.78 is 0. The van der Waals surface area contributed by atoms with Crippen LogP contribution in [0.15, 0.2) is 39.0 Å². The van der Waals surface area contributed by atoms with Crippen molar-refractivity contribution in [2.24, 2.45) is 10.4 Å². The van der Waals surface area contributed by atoms with E-state index in [1.807, 2.05) is 20.8 Å². The third-order valence-corrected chi connectivity index (χ3v) is 6.41. The molecule has 0 saturated heterocycles. The van der Waals surface area contributed by atoms with Crippen molar-refractivity contribution in [2.45, 2.75) is 152 Å². The highest BCUT2D eigenvalue weighted by Gasteiger charge is 2.25. The molecule has 0 unspecified atom stereocenters. The number of ketones is 1. The molecule has 1 aliphatic carbocycles. The van der Waals surface area contributed by atoms with Crippen molar-refractivity contribution in [1.29, 1.82) is 0 Å². The van der Waals surface area contributed by atoms with Gasteiger partial charge in [0.15, 0.2) is 0 Å². The molecular weight excluding hydrogens is 466 g/mol.